The maximum atomic E-state index is 11.0. The Kier molecular flexibility index (Phi) is 7.18. The zero-order valence-electron chi connectivity index (χ0n) is 21.3. The van der Waals surface area contributed by atoms with E-state index in [1.165, 1.54) is 5.57 Å². The molecule has 188 valence electrons. The van der Waals surface area contributed by atoms with Gasteiger partial charge in [0, 0.05) is 11.5 Å². The number of hydrogen-bond donors (Lipinski definition) is 2. The van der Waals surface area contributed by atoms with Crippen LogP contribution in [0.3, 0.4) is 0 Å². The summed E-state index contributed by atoms with van der Waals surface area (Å²) < 4.78 is 6.25. The molecule has 1 heterocycles. The van der Waals surface area contributed by atoms with Crippen molar-refractivity contribution in [3.05, 3.63) is 131 Å². The van der Waals surface area contributed by atoms with Gasteiger partial charge in [0.05, 0.1) is 11.7 Å². The SMILES string of the molecule is CCC(=C(c1ccc(C=CC(=O)O)cc1)c1ccc2[nH]ncc2c1)c1cccc(Oc2ccccc2C)c1. The van der Waals surface area contributed by atoms with Crippen molar-refractivity contribution in [2.75, 3.05) is 0 Å². The molecule has 4 aromatic carbocycles. The van der Waals surface area contributed by atoms with Gasteiger partial charge in [-0.3, -0.25) is 5.10 Å². The van der Waals surface area contributed by atoms with Crippen LogP contribution in [0.2, 0.25) is 0 Å². The molecule has 5 heteroatoms. The fourth-order valence-electron chi connectivity index (χ4n) is 4.61. The van der Waals surface area contributed by atoms with E-state index in [0.29, 0.717) is 0 Å². The molecule has 0 bridgehead atoms. The number of carboxylic acid groups (broad SMARTS) is 1. The summed E-state index contributed by atoms with van der Waals surface area (Å²) in [5, 5.41) is 17.2. The largest absolute Gasteiger partial charge is 0.478 e. The van der Waals surface area contributed by atoms with Crippen LogP contribution in [0.4, 0.5) is 0 Å². The van der Waals surface area contributed by atoms with Crippen LogP contribution in [0.5, 0.6) is 11.5 Å². The molecule has 5 nitrogen and oxygen atoms in total. The van der Waals surface area contributed by atoms with E-state index in [0.717, 1.165) is 68.3 Å². The Morgan fingerprint density at radius 2 is 1.71 bits per heavy atom. The van der Waals surface area contributed by atoms with Crippen molar-refractivity contribution in [3.63, 3.8) is 0 Å². The molecule has 0 saturated heterocycles. The van der Waals surface area contributed by atoms with Crippen molar-refractivity contribution >= 4 is 34.1 Å². The monoisotopic (exact) mass is 500 g/mol. The lowest BCUT2D eigenvalue weighted by molar-refractivity contribution is -0.131. The zero-order valence-corrected chi connectivity index (χ0v) is 21.3. The molecule has 5 aromatic rings. The molecule has 0 amide bonds. The first-order valence-electron chi connectivity index (χ1n) is 12.5. The summed E-state index contributed by atoms with van der Waals surface area (Å²) in [7, 11) is 0. The predicted octanol–water partition coefficient (Wildman–Crippen LogP) is 8.13. The molecule has 0 radical (unpaired) electrons. The Labute approximate surface area is 221 Å². The van der Waals surface area contributed by atoms with Crippen LogP contribution in [-0.2, 0) is 4.79 Å². The molecule has 5 rings (SSSR count). The highest BCUT2D eigenvalue weighted by molar-refractivity contribution is 6.00. The lowest BCUT2D eigenvalue weighted by Gasteiger charge is -2.18. The molecule has 0 atom stereocenters. The normalized spacial score (nSPS) is 12.1. The van der Waals surface area contributed by atoms with Crippen molar-refractivity contribution < 1.29 is 14.6 Å². The fraction of sp³-hybridized carbons (Fsp3) is 0.0909. The summed E-state index contributed by atoms with van der Waals surface area (Å²) in [6.45, 7) is 4.19. The third-order valence-electron chi connectivity index (χ3n) is 6.51. The summed E-state index contributed by atoms with van der Waals surface area (Å²) in [5.74, 6) is 0.646. The molecular formula is C33H28N2O3. The lowest BCUT2D eigenvalue weighted by Crippen LogP contribution is -1.96. The standard InChI is InChI=1S/C33H28N2O3/c1-3-29(25-8-6-9-28(20-25)38-31-10-5-4-7-22(31)2)33(26-16-17-30-27(19-26)21-34-35-30)24-14-11-23(12-15-24)13-18-32(36)37/h4-21H,3H2,1-2H3,(H,34,35)(H,36,37). The minimum Gasteiger partial charge on any atom is -0.478 e. The van der Waals surface area contributed by atoms with Gasteiger partial charge in [-0.1, -0.05) is 67.6 Å². The molecule has 0 aliphatic carbocycles. The number of para-hydroxylation sites is 1. The number of aromatic amines is 1. The van der Waals surface area contributed by atoms with Gasteiger partial charge in [-0.2, -0.15) is 5.10 Å². The zero-order chi connectivity index (χ0) is 26.5. The number of aryl methyl sites for hydroxylation is 1. The number of nitrogens with zero attached hydrogens (tertiary/aromatic N) is 1. The van der Waals surface area contributed by atoms with Gasteiger partial charge in [0.25, 0.3) is 0 Å². The second kappa shape index (κ2) is 11.0. The van der Waals surface area contributed by atoms with Gasteiger partial charge in [0.15, 0.2) is 0 Å². The lowest BCUT2D eigenvalue weighted by atomic mass is 9.87. The number of ether oxygens (including phenoxy) is 1. The number of allylic oxidation sites excluding steroid dienone is 1. The van der Waals surface area contributed by atoms with Gasteiger partial charge in [0.1, 0.15) is 11.5 Å². The van der Waals surface area contributed by atoms with Gasteiger partial charge in [-0.05, 0) is 88.7 Å². The number of aromatic nitrogens is 2. The highest BCUT2D eigenvalue weighted by Gasteiger charge is 2.15. The molecule has 0 aliphatic rings. The third-order valence-corrected chi connectivity index (χ3v) is 6.51. The van der Waals surface area contributed by atoms with Crippen LogP contribution in [-0.4, -0.2) is 21.3 Å². The molecule has 38 heavy (non-hydrogen) atoms. The van der Waals surface area contributed by atoms with Gasteiger partial charge in [-0.25, -0.2) is 4.79 Å². The second-order valence-electron chi connectivity index (χ2n) is 9.07. The van der Waals surface area contributed by atoms with E-state index in [2.05, 4.69) is 41.4 Å². The van der Waals surface area contributed by atoms with Gasteiger partial charge < -0.3 is 9.84 Å². The smallest absolute Gasteiger partial charge is 0.328 e. The van der Waals surface area contributed by atoms with E-state index in [4.69, 9.17) is 9.84 Å². The quantitative estimate of drug-likeness (QED) is 0.167. The number of carbonyl (C=O) groups is 1. The number of nitrogens with one attached hydrogen (secondary N) is 1. The highest BCUT2D eigenvalue weighted by atomic mass is 16.5. The van der Waals surface area contributed by atoms with Crippen LogP contribution in [0, 0.1) is 6.92 Å². The Balaban J connectivity index is 1.64. The Morgan fingerprint density at radius 3 is 2.47 bits per heavy atom. The molecule has 0 unspecified atom stereocenters. The van der Waals surface area contributed by atoms with E-state index >= 15 is 0 Å². The Bertz CT molecular complexity index is 1660. The van der Waals surface area contributed by atoms with Crippen molar-refractivity contribution in [1.29, 1.82) is 0 Å². The average molecular weight is 501 g/mol. The van der Waals surface area contributed by atoms with Crippen molar-refractivity contribution in [1.82, 2.24) is 10.2 Å². The molecule has 1 aromatic heterocycles. The molecule has 0 fully saturated rings. The number of carboxylic acids is 1. The third kappa shape index (κ3) is 5.42. The summed E-state index contributed by atoms with van der Waals surface area (Å²) in [4.78, 5) is 11.0. The minimum absolute atomic E-state index is 0.779. The van der Waals surface area contributed by atoms with Crippen molar-refractivity contribution in [2.24, 2.45) is 0 Å². The first-order valence-corrected chi connectivity index (χ1v) is 12.5. The highest BCUT2D eigenvalue weighted by Crippen LogP contribution is 2.37. The molecule has 0 spiro atoms. The molecule has 2 N–H and O–H groups in total. The van der Waals surface area contributed by atoms with E-state index < -0.39 is 5.97 Å². The fourth-order valence-corrected chi connectivity index (χ4v) is 4.61. The van der Waals surface area contributed by atoms with Gasteiger partial charge in [-0.15, -0.1) is 0 Å². The van der Waals surface area contributed by atoms with Crippen LogP contribution < -0.4 is 4.74 Å². The van der Waals surface area contributed by atoms with E-state index in [1.807, 2.05) is 79.9 Å². The molecular weight excluding hydrogens is 472 g/mol. The van der Waals surface area contributed by atoms with E-state index in [9.17, 15) is 4.79 Å². The number of rotatable bonds is 8. The van der Waals surface area contributed by atoms with Crippen LogP contribution in [0.15, 0.2) is 103 Å². The first kappa shape index (κ1) is 24.8. The number of H-pyrrole nitrogens is 1. The van der Waals surface area contributed by atoms with Crippen molar-refractivity contribution in [3.8, 4) is 11.5 Å². The maximum absolute atomic E-state index is 11.0. The number of hydrogen-bond acceptors (Lipinski definition) is 3. The first-order chi connectivity index (χ1) is 18.5. The Hall–Kier alpha value is -4.90. The van der Waals surface area contributed by atoms with E-state index in [-0.39, 0.29) is 0 Å². The summed E-state index contributed by atoms with van der Waals surface area (Å²) in [6.07, 6.45) is 5.38. The molecule has 0 aliphatic heterocycles. The maximum Gasteiger partial charge on any atom is 0.328 e. The van der Waals surface area contributed by atoms with Crippen LogP contribution >= 0.6 is 0 Å². The summed E-state index contributed by atoms with van der Waals surface area (Å²) in [6, 6.07) is 30.5. The topological polar surface area (TPSA) is 75.2 Å². The summed E-state index contributed by atoms with van der Waals surface area (Å²) in [5.41, 5.74) is 8.37. The van der Waals surface area contributed by atoms with Gasteiger partial charge >= 0.3 is 5.97 Å². The van der Waals surface area contributed by atoms with Gasteiger partial charge in [0.2, 0.25) is 0 Å². The average Bonchev–Trinajstić information content (AvgIpc) is 3.40. The predicted molar refractivity (Wildman–Crippen MR) is 153 cm³/mol. The number of benzene rings is 4. The van der Waals surface area contributed by atoms with Crippen molar-refractivity contribution in [2.45, 2.75) is 20.3 Å². The molecule has 0 saturated carbocycles. The number of aliphatic carboxylic acids is 1. The Morgan fingerprint density at radius 1 is 0.921 bits per heavy atom. The minimum atomic E-state index is -0.968. The summed E-state index contributed by atoms with van der Waals surface area (Å²) >= 11 is 0. The number of fused-ring (bicyclic) bond motifs is 1. The van der Waals surface area contributed by atoms with E-state index in [1.54, 1.807) is 6.08 Å². The van der Waals surface area contributed by atoms with Crippen LogP contribution in [0.25, 0.3) is 28.1 Å². The van der Waals surface area contributed by atoms with Crippen LogP contribution in [0.1, 0.15) is 41.2 Å². The second-order valence-corrected chi connectivity index (χ2v) is 9.07.